The maximum Gasteiger partial charge on any atom is 0.0591 e. The summed E-state index contributed by atoms with van der Waals surface area (Å²) in [6.07, 6.45) is 0. The molecule has 0 fully saturated rings. The monoisotopic (exact) mass is 359 g/mol. The lowest BCUT2D eigenvalue weighted by molar-refractivity contribution is 0.694. The Labute approximate surface area is 138 Å². The van der Waals surface area contributed by atoms with E-state index in [1.54, 1.807) is 0 Å². The standard InChI is InChI=1S/C18H15BrClN/c1-21-18(15-8-4-5-9-16(15)19)14-10-11-17(20)13-7-3-2-6-12(13)14/h2-11,18,21H,1H3. The maximum absolute atomic E-state index is 6.32. The van der Waals surface area contributed by atoms with E-state index in [4.69, 9.17) is 11.6 Å². The van der Waals surface area contributed by atoms with Gasteiger partial charge in [0.05, 0.1) is 6.04 Å². The molecule has 0 bridgehead atoms. The van der Waals surface area contributed by atoms with Gasteiger partial charge in [-0.2, -0.15) is 0 Å². The third-order valence-electron chi connectivity index (χ3n) is 3.72. The third-order valence-corrected chi connectivity index (χ3v) is 4.77. The molecule has 0 heterocycles. The largest absolute Gasteiger partial charge is 0.309 e. The molecular weight excluding hydrogens is 346 g/mol. The second-order valence-corrected chi connectivity index (χ2v) is 6.19. The van der Waals surface area contributed by atoms with Gasteiger partial charge in [0.2, 0.25) is 0 Å². The Morgan fingerprint density at radius 1 is 0.857 bits per heavy atom. The number of hydrogen-bond donors (Lipinski definition) is 1. The lowest BCUT2D eigenvalue weighted by atomic mass is 9.94. The van der Waals surface area contributed by atoms with Crippen molar-refractivity contribution in [2.24, 2.45) is 0 Å². The summed E-state index contributed by atoms with van der Waals surface area (Å²) in [6, 6.07) is 20.7. The minimum atomic E-state index is 0.114. The Morgan fingerprint density at radius 3 is 2.24 bits per heavy atom. The molecule has 0 spiro atoms. The van der Waals surface area contributed by atoms with E-state index in [9.17, 15) is 0 Å². The van der Waals surface area contributed by atoms with E-state index in [0.717, 1.165) is 14.9 Å². The van der Waals surface area contributed by atoms with Gasteiger partial charge in [0.15, 0.2) is 0 Å². The summed E-state index contributed by atoms with van der Waals surface area (Å²) in [5.74, 6) is 0. The highest BCUT2D eigenvalue weighted by atomic mass is 79.9. The summed E-state index contributed by atoms with van der Waals surface area (Å²) in [7, 11) is 1.98. The van der Waals surface area contributed by atoms with Crippen LogP contribution in [0.3, 0.4) is 0 Å². The van der Waals surface area contributed by atoms with Crippen molar-refractivity contribution in [1.82, 2.24) is 5.32 Å². The molecule has 21 heavy (non-hydrogen) atoms. The number of benzene rings is 3. The zero-order valence-corrected chi connectivity index (χ0v) is 13.9. The number of fused-ring (bicyclic) bond motifs is 1. The van der Waals surface area contributed by atoms with Crippen molar-refractivity contribution in [3.05, 3.63) is 81.3 Å². The van der Waals surface area contributed by atoms with Gasteiger partial charge in [-0.1, -0.05) is 76.1 Å². The molecule has 0 saturated heterocycles. The van der Waals surface area contributed by atoms with Crippen LogP contribution in [0.1, 0.15) is 17.2 Å². The first kappa shape index (κ1) is 14.6. The second-order valence-electron chi connectivity index (χ2n) is 4.93. The minimum Gasteiger partial charge on any atom is -0.309 e. The van der Waals surface area contributed by atoms with Gasteiger partial charge < -0.3 is 5.32 Å². The van der Waals surface area contributed by atoms with Crippen LogP contribution in [0.5, 0.6) is 0 Å². The molecule has 1 atom stereocenters. The van der Waals surface area contributed by atoms with E-state index < -0.39 is 0 Å². The molecule has 0 aromatic heterocycles. The number of rotatable bonds is 3. The van der Waals surface area contributed by atoms with Gasteiger partial charge in [0, 0.05) is 14.9 Å². The lowest BCUT2D eigenvalue weighted by Gasteiger charge is -2.21. The second kappa shape index (κ2) is 6.18. The van der Waals surface area contributed by atoms with Crippen LogP contribution in [0, 0.1) is 0 Å². The molecule has 0 aliphatic rings. The normalized spacial score (nSPS) is 12.5. The molecule has 106 valence electrons. The predicted octanol–water partition coefficient (Wildman–Crippen LogP) is 5.56. The van der Waals surface area contributed by atoms with E-state index in [1.807, 2.05) is 25.2 Å². The van der Waals surface area contributed by atoms with Crippen molar-refractivity contribution in [1.29, 1.82) is 0 Å². The molecular formula is C18H15BrClN. The molecule has 0 saturated carbocycles. The summed E-state index contributed by atoms with van der Waals surface area (Å²) < 4.78 is 1.10. The van der Waals surface area contributed by atoms with E-state index in [1.165, 1.54) is 16.5 Å². The first-order valence-corrected chi connectivity index (χ1v) is 7.98. The Morgan fingerprint density at radius 2 is 1.52 bits per heavy atom. The molecule has 0 radical (unpaired) electrons. The molecule has 3 rings (SSSR count). The van der Waals surface area contributed by atoms with Crippen LogP contribution < -0.4 is 5.32 Å². The highest BCUT2D eigenvalue weighted by Crippen LogP contribution is 2.34. The number of hydrogen-bond acceptors (Lipinski definition) is 1. The molecule has 1 unspecified atom stereocenters. The fourth-order valence-electron chi connectivity index (χ4n) is 2.73. The van der Waals surface area contributed by atoms with Gasteiger partial charge in [-0.15, -0.1) is 0 Å². The Kier molecular flexibility index (Phi) is 4.29. The summed E-state index contributed by atoms with van der Waals surface area (Å²) in [4.78, 5) is 0. The summed E-state index contributed by atoms with van der Waals surface area (Å²) in [6.45, 7) is 0. The SMILES string of the molecule is CNC(c1ccccc1Br)c1ccc(Cl)c2ccccc12. The van der Waals surface area contributed by atoms with Gasteiger partial charge in [-0.3, -0.25) is 0 Å². The van der Waals surface area contributed by atoms with Crippen molar-refractivity contribution < 1.29 is 0 Å². The van der Waals surface area contributed by atoms with Gasteiger partial charge in [-0.05, 0) is 35.7 Å². The van der Waals surface area contributed by atoms with Crippen LogP contribution in [0.15, 0.2) is 65.1 Å². The van der Waals surface area contributed by atoms with E-state index in [0.29, 0.717) is 0 Å². The van der Waals surface area contributed by atoms with Gasteiger partial charge in [-0.25, -0.2) is 0 Å². The Bertz CT molecular complexity index is 785. The molecule has 0 aliphatic carbocycles. The highest BCUT2D eigenvalue weighted by Gasteiger charge is 2.17. The van der Waals surface area contributed by atoms with Crippen molar-refractivity contribution in [2.45, 2.75) is 6.04 Å². The van der Waals surface area contributed by atoms with Gasteiger partial charge >= 0.3 is 0 Å². The summed E-state index contributed by atoms with van der Waals surface area (Å²) in [5, 5.41) is 6.47. The van der Waals surface area contributed by atoms with Crippen molar-refractivity contribution in [3.63, 3.8) is 0 Å². The van der Waals surface area contributed by atoms with Crippen LogP contribution in [0.2, 0.25) is 5.02 Å². The molecule has 3 aromatic rings. The molecule has 1 nitrogen and oxygen atoms in total. The lowest BCUT2D eigenvalue weighted by Crippen LogP contribution is -2.18. The zero-order chi connectivity index (χ0) is 14.8. The highest BCUT2D eigenvalue weighted by molar-refractivity contribution is 9.10. The van der Waals surface area contributed by atoms with Crippen LogP contribution in [-0.2, 0) is 0 Å². The van der Waals surface area contributed by atoms with Gasteiger partial charge in [0.1, 0.15) is 0 Å². The Hall–Kier alpha value is -1.35. The smallest absolute Gasteiger partial charge is 0.0591 e. The maximum atomic E-state index is 6.32. The van der Waals surface area contributed by atoms with Crippen LogP contribution in [0.4, 0.5) is 0 Å². The fraction of sp³-hybridized carbons (Fsp3) is 0.111. The number of halogens is 2. The van der Waals surface area contributed by atoms with Crippen molar-refractivity contribution >= 4 is 38.3 Å². The average molecular weight is 361 g/mol. The van der Waals surface area contributed by atoms with Crippen LogP contribution in [0.25, 0.3) is 10.8 Å². The minimum absolute atomic E-state index is 0.114. The summed E-state index contributed by atoms with van der Waals surface area (Å²) >= 11 is 9.97. The molecule has 0 amide bonds. The number of nitrogens with one attached hydrogen (secondary N) is 1. The first-order chi connectivity index (χ1) is 10.2. The molecule has 3 heteroatoms. The van der Waals surface area contributed by atoms with E-state index in [-0.39, 0.29) is 6.04 Å². The summed E-state index contributed by atoms with van der Waals surface area (Å²) in [5.41, 5.74) is 2.44. The van der Waals surface area contributed by atoms with Crippen molar-refractivity contribution in [2.75, 3.05) is 7.05 Å². The first-order valence-electron chi connectivity index (χ1n) is 6.81. The predicted molar refractivity (Wildman–Crippen MR) is 94.0 cm³/mol. The van der Waals surface area contributed by atoms with E-state index in [2.05, 4.69) is 63.7 Å². The quantitative estimate of drug-likeness (QED) is 0.644. The molecule has 1 N–H and O–H groups in total. The van der Waals surface area contributed by atoms with E-state index >= 15 is 0 Å². The molecule has 3 aromatic carbocycles. The average Bonchev–Trinajstić information content (AvgIpc) is 2.52. The van der Waals surface area contributed by atoms with Crippen LogP contribution >= 0.6 is 27.5 Å². The van der Waals surface area contributed by atoms with Crippen LogP contribution in [-0.4, -0.2) is 7.05 Å². The zero-order valence-electron chi connectivity index (χ0n) is 11.6. The topological polar surface area (TPSA) is 12.0 Å². The van der Waals surface area contributed by atoms with Gasteiger partial charge in [0.25, 0.3) is 0 Å². The molecule has 0 aliphatic heterocycles. The third kappa shape index (κ3) is 2.71. The Balaban J connectivity index is 2.23. The van der Waals surface area contributed by atoms with Crippen molar-refractivity contribution in [3.8, 4) is 0 Å². The fourth-order valence-corrected chi connectivity index (χ4v) is 3.47.